The van der Waals surface area contributed by atoms with Gasteiger partial charge in [-0.3, -0.25) is 0 Å². The van der Waals surface area contributed by atoms with E-state index in [1.54, 1.807) is 42.7 Å². The van der Waals surface area contributed by atoms with Crippen LogP contribution in [-0.2, 0) is 45.6 Å². The quantitative estimate of drug-likeness (QED) is 0.101. The predicted molar refractivity (Wildman–Crippen MR) is 245 cm³/mol. The molecule has 0 radical (unpaired) electrons. The molecule has 5 aromatic carbocycles. The van der Waals surface area contributed by atoms with E-state index in [0.717, 1.165) is 16.4 Å². The third-order valence-corrected chi connectivity index (χ3v) is 10.5. The van der Waals surface area contributed by atoms with Crippen molar-refractivity contribution in [2.75, 3.05) is 0 Å². The van der Waals surface area contributed by atoms with E-state index in [-0.39, 0.29) is 42.4 Å². The van der Waals surface area contributed by atoms with Gasteiger partial charge in [-0.1, -0.05) is 90.4 Å². The molecule has 6 nitrogen and oxygen atoms in total. The van der Waals surface area contributed by atoms with Crippen molar-refractivity contribution < 1.29 is 31.1 Å². The summed E-state index contributed by atoms with van der Waals surface area (Å²) in [4.78, 5) is 23.7. The van der Waals surface area contributed by atoms with E-state index in [1.807, 2.05) is 95.4 Å². The Balaban J connectivity index is 0.00000567. The van der Waals surface area contributed by atoms with Crippen molar-refractivity contribution in [1.29, 1.82) is 0 Å². The average molecular weight is 982 g/mol. The molecule has 11 rings (SSSR count). The third-order valence-electron chi connectivity index (χ3n) is 10.5. The van der Waals surface area contributed by atoms with E-state index in [4.69, 9.17) is 15.0 Å². The molecule has 0 unspecified atom stereocenters. The second-order valence-electron chi connectivity index (χ2n) is 14.4. The van der Waals surface area contributed by atoms with E-state index in [1.165, 1.54) is 42.7 Å². The molecule has 6 heterocycles. The number of rotatable bonds is 10. The van der Waals surface area contributed by atoms with Gasteiger partial charge in [-0.05, 0) is 99.6 Å². The largest absolute Gasteiger partial charge is 3.00 e. The van der Waals surface area contributed by atoms with Crippen LogP contribution in [0.4, 0.5) is 0 Å². The molecule has 0 atom stereocenters. The Bertz CT molecular complexity index is 3620. The Morgan fingerprint density at radius 3 is 1.74 bits per heavy atom. The zero-order chi connectivity index (χ0) is 47.7. The maximum atomic E-state index is 9.61. The fourth-order valence-corrected chi connectivity index (χ4v) is 7.67. The summed E-state index contributed by atoms with van der Waals surface area (Å²) < 4.78 is 78.0. The minimum atomic E-state index is -2.82. The zero-order valence-corrected chi connectivity index (χ0v) is 35.2. The smallest absolute Gasteiger partial charge is 0.335 e. The molecule has 6 aromatic heterocycles. The van der Waals surface area contributed by atoms with Crippen LogP contribution in [0.5, 0.6) is 0 Å². The molecule has 0 fully saturated rings. The molecule has 62 heavy (non-hydrogen) atoms. The minimum absolute atomic E-state index is 0. The Hall–Kier alpha value is -7.18. The predicted octanol–water partition coefficient (Wildman–Crippen LogP) is 12.0. The van der Waals surface area contributed by atoms with Crippen LogP contribution < -0.4 is 0 Å². The van der Waals surface area contributed by atoms with Crippen LogP contribution in [0.2, 0.25) is 0 Å². The number of fused-ring (bicyclic) bond motifs is 8. The molecule has 0 bridgehead atoms. The van der Waals surface area contributed by atoms with E-state index in [9.17, 15) is 11.0 Å². The summed E-state index contributed by atoms with van der Waals surface area (Å²) in [7, 11) is 0. The molecule has 0 aliphatic rings. The molecular weight excluding hydrogens is 937 g/mol. The van der Waals surface area contributed by atoms with Crippen LogP contribution in [0.15, 0.2) is 176 Å². The number of aryl methyl sites for hydroxylation is 4. The van der Waals surface area contributed by atoms with Crippen molar-refractivity contribution >= 4 is 38.6 Å². The first-order valence-corrected chi connectivity index (χ1v) is 19.7. The summed E-state index contributed by atoms with van der Waals surface area (Å²) in [6.07, 6.45) is -5.05. The summed E-state index contributed by atoms with van der Waals surface area (Å²) in [5, 5.41) is 1.44. The topological polar surface area (TPSA) is 68.9 Å². The fraction of sp³-hybridized carbons (Fsp3) is 0.0727. The third kappa shape index (κ3) is 7.58. The Kier molecular flexibility index (Phi) is 8.47. The molecule has 11 aromatic rings. The van der Waals surface area contributed by atoms with Gasteiger partial charge in [0.2, 0.25) is 0 Å². The number of aromatic nitrogens is 6. The van der Waals surface area contributed by atoms with Crippen molar-refractivity contribution in [3.05, 3.63) is 217 Å². The maximum Gasteiger partial charge on any atom is 3.00 e. The van der Waals surface area contributed by atoms with Gasteiger partial charge in [-0.15, -0.1) is 83.9 Å². The molecular formula is C55H37IrN6. The molecule has 296 valence electrons. The van der Waals surface area contributed by atoms with Crippen LogP contribution in [0.1, 0.15) is 33.2 Å². The SMILES string of the molecule is [2H]C([2H])(c1ccc(-c2[c-]cccc2)nc1)C([2H])([2H])c1cc(-c2ccccc2-c2cnc3c4[c-]ccnc4n4c5ccccc5nc4c3c2)cc(C([2H])([2H])C([2H])([2H])c2ccc(-c3[c-]cccc3)nc2)c1.[Ir+3]. The average Bonchev–Trinajstić information content (AvgIpc) is 3.79. The van der Waals surface area contributed by atoms with Crippen molar-refractivity contribution in [2.24, 2.45) is 0 Å². The first-order valence-electron chi connectivity index (χ1n) is 23.7. The van der Waals surface area contributed by atoms with Gasteiger partial charge in [0.05, 0.1) is 16.7 Å². The summed E-state index contributed by atoms with van der Waals surface area (Å²) >= 11 is 0. The normalized spacial score (nSPS) is 14.2. The number of para-hydroxylation sites is 2. The van der Waals surface area contributed by atoms with Crippen LogP contribution in [0.25, 0.3) is 83.4 Å². The van der Waals surface area contributed by atoms with Gasteiger partial charge in [0.1, 0.15) is 5.65 Å². The number of hydrogen-bond donors (Lipinski definition) is 0. The molecule has 0 saturated carbocycles. The van der Waals surface area contributed by atoms with Gasteiger partial charge < -0.3 is 24.3 Å². The van der Waals surface area contributed by atoms with Crippen molar-refractivity contribution in [1.82, 2.24) is 29.3 Å². The van der Waals surface area contributed by atoms with Gasteiger partial charge in [0.25, 0.3) is 0 Å². The zero-order valence-electron chi connectivity index (χ0n) is 40.8. The summed E-state index contributed by atoms with van der Waals surface area (Å²) in [6.45, 7) is 0. The summed E-state index contributed by atoms with van der Waals surface area (Å²) in [5.74, 6) is 0. The summed E-state index contributed by atoms with van der Waals surface area (Å²) in [6, 6.07) is 53.4. The van der Waals surface area contributed by atoms with Crippen molar-refractivity contribution in [2.45, 2.75) is 25.5 Å². The van der Waals surface area contributed by atoms with E-state index < -0.39 is 25.5 Å². The van der Waals surface area contributed by atoms with Crippen molar-refractivity contribution in [3.8, 4) is 44.8 Å². The van der Waals surface area contributed by atoms with Gasteiger partial charge in [0.15, 0.2) is 0 Å². The van der Waals surface area contributed by atoms with Crippen LogP contribution in [0, 0.1) is 18.2 Å². The standard InChI is InChI=1S/C55H37N6.Ir/c1-3-12-41(13-4-1)49-27-25-37(34-57-49)21-23-39-30-40(24-22-38-26-28-50(58-35-38)42-14-5-2-6-15-42)32-43(31-39)45-16-7-8-17-46(45)44-33-48-53(59-36-44)47-18-11-29-56-54(47)61-52-20-10-9-19-51(52)60-55(48)61;/h1-12,14,16-17,19-20,25-36H,21-24H2;/q-3;+3/i21D2,22D2,23D2,24D2;. The first-order chi connectivity index (χ1) is 33.2. The van der Waals surface area contributed by atoms with E-state index >= 15 is 0 Å². The maximum absolute atomic E-state index is 9.61. The molecule has 0 spiro atoms. The molecule has 0 saturated heterocycles. The van der Waals surface area contributed by atoms with Gasteiger partial charge in [-0.25, -0.2) is 4.98 Å². The molecule has 0 aliphatic carbocycles. The Morgan fingerprint density at radius 1 is 0.500 bits per heavy atom. The molecule has 0 amide bonds. The summed E-state index contributed by atoms with van der Waals surface area (Å²) in [5.41, 5.74) is 7.73. The van der Waals surface area contributed by atoms with E-state index in [0.29, 0.717) is 67.0 Å². The van der Waals surface area contributed by atoms with Gasteiger partial charge >= 0.3 is 20.1 Å². The second kappa shape index (κ2) is 17.1. The number of imidazole rings is 1. The van der Waals surface area contributed by atoms with Crippen molar-refractivity contribution in [3.63, 3.8) is 0 Å². The molecule has 0 N–H and O–H groups in total. The molecule has 0 aliphatic heterocycles. The van der Waals surface area contributed by atoms with Gasteiger partial charge in [-0.2, -0.15) is 0 Å². The number of pyridine rings is 5. The van der Waals surface area contributed by atoms with E-state index in [2.05, 4.69) is 28.2 Å². The number of nitrogens with zero attached hydrogens (tertiary/aromatic N) is 6. The fourth-order valence-electron chi connectivity index (χ4n) is 7.67. The first kappa shape index (κ1) is 30.8. The second-order valence-corrected chi connectivity index (χ2v) is 14.4. The Labute approximate surface area is 384 Å². The minimum Gasteiger partial charge on any atom is -0.335 e. The Morgan fingerprint density at radius 2 is 1.11 bits per heavy atom. The van der Waals surface area contributed by atoms with Crippen LogP contribution in [0.3, 0.4) is 0 Å². The van der Waals surface area contributed by atoms with Gasteiger partial charge in [0, 0.05) is 40.5 Å². The number of benzene rings is 5. The van der Waals surface area contributed by atoms with Crippen LogP contribution in [-0.4, -0.2) is 29.3 Å². The molecule has 7 heteroatoms. The monoisotopic (exact) mass is 982 g/mol. The van der Waals surface area contributed by atoms with Crippen LogP contribution >= 0.6 is 0 Å². The number of hydrogen-bond acceptors (Lipinski definition) is 5.